The van der Waals surface area contributed by atoms with Gasteiger partial charge in [0.2, 0.25) is 5.95 Å². The first-order valence-electron chi connectivity index (χ1n) is 10.2. The third-order valence-corrected chi connectivity index (χ3v) is 5.66. The number of halogens is 2. The van der Waals surface area contributed by atoms with Crippen molar-refractivity contribution in [1.29, 1.82) is 0 Å². The van der Waals surface area contributed by atoms with Gasteiger partial charge in [-0.05, 0) is 42.8 Å². The van der Waals surface area contributed by atoms with Gasteiger partial charge in [0.1, 0.15) is 5.82 Å². The Morgan fingerprint density at radius 3 is 2.00 bits per heavy atom. The van der Waals surface area contributed by atoms with Crippen molar-refractivity contribution in [3.63, 3.8) is 0 Å². The van der Waals surface area contributed by atoms with Crippen molar-refractivity contribution in [3.05, 3.63) is 106 Å². The molecule has 0 radical (unpaired) electrons. The molecule has 0 saturated carbocycles. The zero-order valence-corrected chi connectivity index (χ0v) is 18.9. The number of para-hydroxylation sites is 2. The van der Waals surface area contributed by atoms with E-state index in [0.29, 0.717) is 32.9 Å². The third kappa shape index (κ3) is 5.61. The standard InChI is InChI=1S/C25H20Cl2N4O2/c26-20-12-7-13-21(27)22(20)19(24(32)33)14-16-15-28-25(30-18-10-5-2-6-11-18)31-23(16)29-17-8-3-1-4-9-17/h1-13,15,19H,14H2,(H,32,33)(H2,28,29,30,31). The van der Waals surface area contributed by atoms with Crippen LogP contribution in [0.25, 0.3) is 0 Å². The molecule has 0 aliphatic carbocycles. The van der Waals surface area contributed by atoms with Crippen molar-refractivity contribution in [2.24, 2.45) is 0 Å². The number of anilines is 4. The lowest BCUT2D eigenvalue weighted by Gasteiger charge is -2.18. The number of rotatable bonds is 8. The zero-order valence-electron chi connectivity index (χ0n) is 17.4. The van der Waals surface area contributed by atoms with Crippen LogP contribution < -0.4 is 10.6 Å². The number of aromatic nitrogens is 2. The van der Waals surface area contributed by atoms with E-state index < -0.39 is 11.9 Å². The summed E-state index contributed by atoms with van der Waals surface area (Å²) < 4.78 is 0. The molecule has 33 heavy (non-hydrogen) atoms. The lowest BCUT2D eigenvalue weighted by molar-refractivity contribution is -0.138. The summed E-state index contributed by atoms with van der Waals surface area (Å²) in [6.07, 6.45) is 1.71. The molecule has 6 nitrogen and oxygen atoms in total. The molecule has 166 valence electrons. The maximum atomic E-state index is 12.2. The van der Waals surface area contributed by atoms with E-state index >= 15 is 0 Å². The number of aliphatic carboxylic acids is 1. The first kappa shape index (κ1) is 22.6. The summed E-state index contributed by atoms with van der Waals surface area (Å²) in [6.45, 7) is 0. The highest BCUT2D eigenvalue weighted by Crippen LogP contribution is 2.35. The average molecular weight is 479 g/mol. The first-order chi connectivity index (χ1) is 16.0. The summed E-state index contributed by atoms with van der Waals surface area (Å²) in [5.41, 5.74) is 2.62. The van der Waals surface area contributed by atoms with E-state index in [1.54, 1.807) is 24.4 Å². The molecule has 0 aliphatic rings. The number of hydrogen-bond acceptors (Lipinski definition) is 5. The monoisotopic (exact) mass is 478 g/mol. The van der Waals surface area contributed by atoms with Crippen LogP contribution in [0, 0.1) is 0 Å². The van der Waals surface area contributed by atoms with Gasteiger partial charge in [0.05, 0.1) is 5.92 Å². The van der Waals surface area contributed by atoms with Gasteiger partial charge in [0, 0.05) is 38.7 Å². The first-order valence-corrected chi connectivity index (χ1v) is 10.9. The van der Waals surface area contributed by atoms with Crippen molar-refractivity contribution >= 4 is 52.3 Å². The maximum absolute atomic E-state index is 12.2. The minimum Gasteiger partial charge on any atom is -0.481 e. The Bertz CT molecular complexity index is 1230. The van der Waals surface area contributed by atoms with Crippen molar-refractivity contribution in [2.45, 2.75) is 12.3 Å². The van der Waals surface area contributed by atoms with Gasteiger partial charge < -0.3 is 15.7 Å². The molecule has 0 aliphatic heterocycles. The van der Waals surface area contributed by atoms with Crippen LogP contribution in [0.4, 0.5) is 23.1 Å². The second-order valence-electron chi connectivity index (χ2n) is 7.28. The van der Waals surface area contributed by atoms with E-state index in [1.807, 2.05) is 60.7 Å². The van der Waals surface area contributed by atoms with Gasteiger partial charge in [-0.15, -0.1) is 0 Å². The summed E-state index contributed by atoms with van der Waals surface area (Å²) in [5, 5.41) is 17.0. The third-order valence-electron chi connectivity index (χ3n) is 5.00. The molecule has 4 aromatic rings. The highest BCUT2D eigenvalue weighted by atomic mass is 35.5. The molecule has 3 aromatic carbocycles. The summed E-state index contributed by atoms with van der Waals surface area (Å²) >= 11 is 12.6. The van der Waals surface area contributed by atoms with Gasteiger partial charge in [-0.25, -0.2) is 4.98 Å². The number of carboxylic acids is 1. The van der Waals surface area contributed by atoms with Crippen molar-refractivity contribution in [3.8, 4) is 0 Å². The molecule has 4 rings (SSSR count). The quantitative estimate of drug-likeness (QED) is 0.261. The summed E-state index contributed by atoms with van der Waals surface area (Å²) in [5.74, 6) is -1.14. The maximum Gasteiger partial charge on any atom is 0.311 e. The minimum absolute atomic E-state index is 0.0968. The summed E-state index contributed by atoms with van der Waals surface area (Å²) in [7, 11) is 0. The molecule has 1 atom stereocenters. The largest absolute Gasteiger partial charge is 0.481 e. The molecule has 1 heterocycles. The Labute approximate surface area is 201 Å². The van der Waals surface area contributed by atoms with E-state index in [4.69, 9.17) is 23.2 Å². The van der Waals surface area contributed by atoms with E-state index in [2.05, 4.69) is 20.6 Å². The second-order valence-corrected chi connectivity index (χ2v) is 8.09. The topological polar surface area (TPSA) is 87.1 Å². The van der Waals surface area contributed by atoms with Gasteiger partial charge in [-0.1, -0.05) is 65.7 Å². The van der Waals surface area contributed by atoms with E-state index in [0.717, 1.165) is 11.4 Å². The minimum atomic E-state index is -1.04. The van der Waals surface area contributed by atoms with E-state index in [1.165, 1.54) is 0 Å². The Morgan fingerprint density at radius 1 is 0.848 bits per heavy atom. The second kappa shape index (κ2) is 10.3. The van der Waals surface area contributed by atoms with Crippen LogP contribution in [0.5, 0.6) is 0 Å². The number of hydrogen-bond donors (Lipinski definition) is 3. The number of carboxylic acid groups (broad SMARTS) is 1. The van der Waals surface area contributed by atoms with Crippen molar-refractivity contribution in [2.75, 3.05) is 10.6 Å². The molecule has 0 amide bonds. The van der Waals surface area contributed by atoms with Gasteiger partial charge in [-0.3, -0.25) is 4.79 Å². The van der Waals surface area contributed by atoms with Crippen LogP contribution >= 0.6 is 23.2 Å². The summed E-state index contributed by atoms with van der Waals surface area (Å²) in [6, 6.07) is 24.0. The normalized spacial score (nSPS) is 11.6. The number of benzene rings is 3. The van der Waals surface area contributed by atoms with Crippen LogP contribution in [-0.4, -0.2) is 21.0 Å². The molecule has 1 aromatic heterocycles. The van der Waals surface area contributed by atoms with Crippen LogP contribution in [0.1, 0.15) is 17.0 Å². The fourth-order valence-electron chi connectivity index (χ4n) is 3.41. The lowest BCUT2D eigenvalue weighted by Crippen LogP contribution is -2.17. The van der Waals surface area contributed by atoms with Crippen LogP contribution in [0.2, 0.25) is 10.0 Å². The fraction of sp³-hybridized carbons (Fsp3) is 0.0800. The zero-order chi connectivity index (χ0) is 23.2. The molecule has 0 saturated heterocycles. The smallest absolute Gasteiger partial charge is 0.311 e. The molecule has 0 bridgehead atoms. The molecular formula is C25H20Cl2N4O2. The predicted octanol–water partition coefficient (Wildman–Crippen LogP) is 6.68. The summed E-state index contributed by atoms with van der Waals surface area (Å²) in [4.78, 5) is 21.2. The van der Waals surface area contributed by atoms with Crippen LogP contribution in [-0.2, 0) is 11.2 Å². The highest BCUT2D eigenvalue weighted by Gasteiger charge is 2.27. The van der Waals surface area contributed by atoms with Gasteiger partial charge in [-0.2, -0.15) is 4.98 Å². The Morgan fingerprint density at radius 2 is 1.42 bits per heavy atom. The fourth-order valence-corrected chi connectivity index (χ4v) is 4.07. The van der Waals surface area contributed by atoms with Gasteiger partial charge in [0.25, 0.3) is 0 Å². The molecular weight excluding hydrogens is 459 g/mol. The highest BCUT2D eigenvalue weighted by molar-refractivity contribution is 6.36. The van der Waals surface area contributed by atoms with Gasteiger partial charge >= 0.3 is 5.97 Å². The Hall–Kier alpha value is -3.61. The Balaban J connectivity index is 1.71. The number of nitrogens with zero attached hydrogens (tertiary/aromatic N) is 2. The van der Waals surface area contributed by atoms with Crippen molar-refractivity contribution < 1.29 is 9.90 Å². The SMILES string of the molecule is O=C(O)C(Cc1cnc(Nc2ccccc2)nc1Nc1ccccc1)c1c(Cl)cccc1Cl. The van der Waals surface area contributed by atoms with E-state index in [-0.39, 0.29) is 6.42 Å². The molecule has 3 N–H and O–H groups in total. The predicted molar refractivity (Wildman–Crippen MR) is 132 cm³/mol. The molecule has 1 unspecified atom stereocenters. The molecule has 8 heteroatoms. The van der Waals surface area contributed by atoms with Crippen LogP contribution in [0.15, 0.2) is 85.1 Å². The molecule has 0 spiro atoms. The average Bonchev–Trinajstić information content (AvgIpc) is 2.81. The number of carbonyl (C=O) groups is 1. The van der Waals surface area contributed by atoms with E-state index in [9.17, 15) is 9.90 Å². The van der Waals surface area contributed by atoms with Crippen LogP contribution in [0.3, 0.4) is 0 Å². The Kier molecular flexibility index (Phi) is 7.07. The van der Waals surface area contributed by atoms with Crippen molar-refractivity contribution in [1.82, 2.24) is 9.97 Å². The molecule has 0 fully saturated rings. The number of nitrogens with one attached hydrogen (secondary N) is 2. The van der Waals surface area contributed by atoms with Gasteiger partial charge in [0.15, 0.2) is 0 Å². The lowest BCUT2D eigenvalue weighted by atomic mass is 9.92.